The number of aryl methyl sites for hydroxylation is 1. The minimum atomic E-state index is 0.00952. The Morgan fingerprint density at radius 3 is 2.62 bits per heavy atom. The molecular weight excluding hydrogens is 264 g/mol. The molecule has 1 aromatic rings. The van der Waals surface area contributed by atoms with Gasteiger partial charge in [0.2, 0.25) is 11.9 Å². The van der Waals surface area contributed by atoms with Crippen LogP contribution < -0.4 is 4.90 Å². The molecule has 0 aromatic carbocycles. The van der Waals surface area contributed by atoms with Gasteiger partial charge in [0.05, 0.1) is 5.54 Å². The van der Waals surface area contributed by atoms with E-state index in [-0.39, 0.29) is 11.5 Å². The summed E-state index contributed by atoms with van der Waals surface area (Å²) in [6.07, 6.45) is 6.97. The molecule has 2 aliphatic rings. The van der Waals surface area contributed by atoms with Crippen molar-refractivity contribution in [3.63, 3.8) is 0 Å². The largest absolute Gasteiger partial charge is 0.338 e. The third-order valence-electron chi connectivity index (χ3n) is 4.74. The number of rotatable bonds is 2. The van der Waals surface area contributed by atoms with Gasteiger partial charge in [-0.2, -0.15) is 0 Å². The van der Waals surface area contributed by atoms with Crippen molar-refractivity contribution in [1.29, 1.82) is 0 Å². The van der Waals surface area contributed by atoms with Crippen LogP contribution in [0.5, 0.6) is 0 Å². The Hall–Kier alpha value is -1.65. The lowest BCUT2D eigenvalue weighted by atomic mass is 9.94. The molecule has 1 spiro atoms. The van der Waals surface area contributed by atoms with E-state index >= 15 is 0 Å². The fourth-order valence-electron chi connectivity index (χ4n) is 3.59. The molecule has 0 bridgehead atoms. The molecule has 5 heteroatoms. The van der Waals surface area contributed by atoms with E-state index in [4.69, 9.17) is 0 Å². The van der Waals surface area contributed by atoms with Crippen molar-refractivity contribution in [2.75, 3.05) is 24.5 Å². The van der Waals surface area contributed by atoms with Crippen molar-refractivity contribution in [2.24, 2.45) is 5.92 Å². The predicted molar refractivity (Wildman–Crippen MR) is 82.1 cm³/mol. The highest BCUT2D eigenvalue weighted by Crippen LogP contribution is 2.39. The quantitative estimate of drug-likeness (QED) is 0.835. The monoisotopic (exact) mass is 288 g/mol. The summed E-state index contributed by atoms with van der Waals surface area (Å²) in [5.41, 5.74) is 1.08. The lowest BCUT2D eigenvalue weighted by Crippen LogP contribution is -2.50. The van der Waals surface area contributed by atoms with Gasteiger partial charge in [-0.05, 0) is 31.7 Å². The Labute approximate surface area is 126 Å². The zero-order valence-corrected chi connectivity index (χ0v) is 13.2. The molecule has 1 atom stereocenters. The van der Waals surface area contributed by atoms with Gasteiger partial charge >= 0.3 is 0 Å². The summed E-state index contributed by atoms with van der Waals surface area (Å²) in [6, 6.07) is 0. The molecule has 2 aliphatic heterocycles. The zero-order chi connectivity index (χ0) is 15.0. The second-order valence-electron chi connectivity index (χ2n) is 6.70. The maximum atomic E-state index is 12.5. The molecule has 3 rings (SSSR count). The van der Waals surface area contributed by atoms with Crippen molar-refractivity contribution in [3.05, 3.63) is 18.0 Å². The highest BCUT2D eigenvalue weighted by atomic mass is 16.2. The molecule has 3 heterocycles. The Balaban J connectivity index is 1.78. The van der Waals surface area contributed by atoms with Crippen LogP contribution in [-0.2, 0) is 4.79 Å². The van der Waals surface area contributed by atoms with E-state index in [0.29, 0.717) is 5.91 Å². The average molecular weight is 288 g/mol. The molecule has 0 aliphatic carbocycles. The number of anilines is 1. The first kappa shape index (κ1) is 14.3. The smallest absolute Gasteiger partial charge is 0.225 e. The summed E-state index contributed by atoms with van der Waals surface area (Å²) in [6.45, 7) is 8.68. The van der Waals surface area contributed by atoms with Gasteiger partial charge < -0.3 is 9.80 Å². The summed E-state index contributed by atoms with van der Waals surface area (Å²) in [4.78, 5) is 25.7. The fourth-order valence-corrected chi connectivity index (χ4v) is 3.59. The Bertz CT molecular complexity index is 528. The second-order valence-corrected chi connectivity index (χ2v) is 6.70. The summed E-state index contributed by atoms with van der Waals surface area (Å²) in [7, 11) is 0. The predicted octanol–water partition coefficient (Wildman–Crippen LogP) is 2.01. The van der Waals surface area contributed by atoms with Crippen molar-refractivity contribution in [3.8, 4) is 0 Å². The van der Waals surface area contributed by atoms with Crippen LogP contribution in [0.15, 0.2) is 12.4 Å². The average Bonchev–Trinajstić information content (AvgIpc) is 3.07. The number of nitrogens with zero attached hydrogens (tertiary/aromatic N) is 4. The SMILES string of the molecule is Cc1cnc(N2CC[C@]3(CCCN3C(=O)C(C)C)C2)nc1. The highest BCUT2D eigenvalue weighted by Gasteiger charge is 2.48. The van der Waals surface area contributed by atoms with Crippen LogP contribution >= 0.6 is 0 Å². The van der Waals surface area contributed by atoms with Crippen LogP contribution in [0.1, 0.15) is 38.7 Å². The van der Waals surface area contributed by atoms with Crippen LogP contribution in [0.3, 0.4) is 0 Å². The lowest BCUT2D eigenvalue weighted by Gasteiger charge is -2.36. The second kappa shape index (κ2) is 5.28. The number of hydrogen-bond donors (Lipinski definition) is 0. The summed E-state index contributed by atoms with van der Waals surface area (Å²) >= 11 is 0. The van der Waals surface area contributed by atoms with Crippen molar-refractivity contribution < 1.29 is 4.79 Å². The molecular formula is C16H24N4O. The molecule has 114 valence electrons. The van der Waals surface area contributed by atoms with Gasteiger partial charge in [-0.1, -0.05) is 13.8 Å². The van der Waals surface area contributed by atoms with Crippen LogP contribution in [0.4, 0.5) is 5.95 Å². The number of carbonyl (C=O) groups excluding carboxylic acids is 1. The molecule has 21 heavy (non-hydrogen) atoms. The first-order valence-corrected chi connectivity index (χ1v) is 7.87. The standard InChI is InChI=1S/C16H24N4O/c1-12(2)14(21)20-7-4-5-16(20)6-8-19(11-16)15-17-9-13(3)10-18-15/h9-10,12H,4-8,11H2,1-3H3/t16-/m1/s1. The highest BCUT2D eigenvalue weighted by molar-refractivity contribution is 5.79. The molecule has 0 radical (unpaired) electrons. The molecule has 1 amide bonds. The molecule has 0 unspecified atom stereocenters. The zero-order valence-electron chi connectivity index (χ0n) is 13.2. The van der Waals surface area contributed by atoms with E-state index < -0.39 is 0 Å². The lowest BCUT2D eigenvalue weighted by molar-refractivity contribution is -0.138. The molecule has 2 fully saturated rings. The van der Waals surface area contributed by atoms with Crippen molar-refractivity contribution >= 4 is 11.9 Å². The van der Waals surface area contributed by atoms with E-state index in [1.165, 1.54) is 0 Å². The van der Waals surface area contributed by atoms with Gasteiger partial charge in [0.15, 0.2) is 0 Å². The molecule has 2 saturated heterocycles. The summed E-state index contributed by atoms with van der Waals surface area (Å²) in [5.74, 6) is 1.16. The normalized spacial score (nSPS) is 25.3. The number of likely N-dealkylation sites (tertiary alicyclic amines) is 1. The Morgan fingerprint density at radius 2 is 1.95 bits per heavy atom. The van der Waals surface area contributed by atoms with Crippen LogP contribution in [0.2, 0.25) is 0 Å². The maximum absolute atomic E-state index is 12.5. The first-order valence-electron chi connectivity index (χ1n) is 7.87. The topological polar surface area (TPSA) is 49.3 Å². The minimum Gasteiger partial charge on any atom is -0.338 e. The van der Waals surface area contributed by atoms with E-state index in [1.54, 1.807) is 0 Å². The van der Waals surface area contributed by atoms with Gasteiger partial charge in [0, 0.05) is 37.9 Å². The van der Waals surface area contributed by atoms with Crippen LogP contribution in [-0.4, -0.2) is 45.9 Å². The molecule has 0 saturated carbocycles. The van der Waals surface area contributed by atoms with Crippen LogP contribution in [0, 0.1) is 12.8 Å². The number of amides is 1. The third kappa shape index (κ3) is 2.49. The Kier molecular flexibility index (Phi) is 3.59. The molecule has 5 nitrogen and oxygen atoms in total. The summed E-state index contributed by atoms with van der Waals surface area (Å²) < 4.78 is 0. The van der Waals surface area contributed by atoms with Gasteiger partial charge in [-0.15, -0.1) is 0 Å². The van der Waals surface area contributed by atoms with Gasteiger partial charge in [-0.25, -0.2) is 9.97 Å². The maximum Gasteiger partial charge on any atom is 0.225 e. The van der Waals surface area contributed by atoms with E-state index in [0.717, 1.165) is 50.4 Å². The van der Waals surface area contributed by atoms with Crippen LogP contribution in [0.25, 0.3) is 0 Å². The van der Waals surface area contributed by atoms with Crippen molar-refractivity contribution in [2.45, 2.75) is 45.6 Å². The minimum absolute atomic E-state index is 0.00952. The number of aromatic nitrogens is 2. The molecule has 1 aromatic heterocycles. The van der Waals surface area contributed by atoms with E-state index in [2.05, 4.69) is 19.8 Å². The number of hydrogen-bond acceptors (Lipinski definition) is 4. The molecule has 0 N–H and O–H groups in total. The fraction of sp³-hybridized carbons (Fsp3) is 0.688. The van der Waals surface area contributed by atoms with Crippen molar-refractivity contribution in [1.82, 2.24) is 14.9 Å². The Morgan fingerprint density at radius 1 is 1.24 bits per heavy atom. The number of carbonyl (C=O) groups is 1. The first-order chi connectivity index (χ1) is 10.0. The van der Waals surface area contributed by atoms with E-state index in [1.807, 2.05) is 33.2 Å². The third-order valence-corrected chi connectivity index (χ3v) is 4.74. The van der Waals surface area contributed by atoms with Gasteiger partial charge in [-0.3, -0.25) is 4.79 Å². The van der Waals surface area contributed by atoms with E-state index in [9.17, 15) is 4.79 Å². The van der Waals surface area contributed by atoms with Gasteiger partial charge in [0.25, 0.3) is 0 Å². The summed E-state index contributed by atoms with van der Waals surface area (Å²) in [5, 5.41) is 0. The van der Waals surface area contributed by atoms with Gasteiger partial charge in [0.1, 0.15) is 0 Å².